The van der Waals surface area contributed by atoms with Gasteiger partial charge in [-0.2, -0.15) is 0 Å². The highest BCUT2D eigenvalue weighted by Crippen LogP contribution is 2.45. The highest BCUT2D eigenvalue weighted by molar-refractivity contribution is 5.92. The van der Waals surface area contributed by atoms with Gasteiger partial charge in [0.05, 0.1) is 6.10 Å². The Balaban J connectivity index is 1.50. The van der Waals surface area contributed by atoms with Crippen molar-refractivity contribution in [2.45, 2.75) is 25.0 Å². The number of aromatic amines is 1. The SMILES string of the molecule is O=C(NC1C2CCOC2C1Cc1ccccc1)c1cccc(=O)[nH]1. The summed E-state index contributed by atoms with van der Waals surface area (Å²) in [5.74, 6) is 0.429. The number of carbonyl (C=O) groups excluding carboxylic acids is 1. The fourth-order valence-corrected chi connectivity index (χ4v) is 3.98. The zero-order valence-electron chi connectivity index (χ0n) is 13.3. The van der Waals surface area contributed by atoms with Gasteiger partial charge in [-0.3, -0.25) is 9.59 Å². The number of benzene rings is 1. The van der Waals surface area contributed by atoms with Gasteiger partial charge in [0.25, 0.3) is 5.91 Å². The summed E-state index contributed by atoms with van der Waals surface area (Å²) < 4.78 is 5.86. The molecule has 2 heterocycles. The summed E-state index contributed by atoms with van der Waals surface area (Å²) in [5.41, 5.74) is 1.30. The first-order valence-corrected chi connectivity index (χ1v) is 8.38. The number of carbonyl (C=O) groups is 1. The number of hydrogen-bond acceptors (Lipinski definition) is 3. The zero-order valence-corrected chi connectivity index (χ0v) is 13.3. The molecule has 24 heavy (non-hydrogen) atoms. The van der Waals surface area contributed by atoms with Crippen molar-refractivity contribution in [1.82, 2.24) is 10.3 Å². The van der Waals surface area contributed by atoms with Crippen molar-refractivity contribution in [3.63, 3.8) is 0 Å². The summed E-state index contributed by atoms with van der Waals surface area (Å²) in [7, 11) is 0. The van der Waals surface area contributed by atoms with Crippen LogP contribution in [0.15, 0.2) is 53.3 Å². The first-order chi connectivity index (χ1) is 11.7. The molecule has 2 N–H and O–H groups in total. The average molecular weight is 324 g/mol. The molecule has 0 radical (unpaired) electrons. The molecule has 1 aliphatic carbocycles. The van der Waals surface area contributed by atoms with E-state index in [0.29, 0.717) is 11.6 Å². The lowest BCUT2D eigenvalue weighted by molar-refractivity contribution is -0.0528. The number of nitrogens with one attached hydrogen (secondary N) is 2. The van der Waals surface area contributed by atoms with Crippen molar-refractivity contribution in [1.29, 1.82) is 0 Å². The van der Waals surface area contributed by atoms with Gasteiger partial charge in [-0.1, -0.05) is 36.4 Å². The Labute approximate surface area is 140 Å². The Morgan fingerprint density at radius 1 is 1.17 bits per heavy atom. The molecule has 0 spiro atoms. The van der Waals surface area contributed by atoms with Gasteiger partial charge in [0.2, 0.25) is 5.56 Å². The van der Waals surface area contributed by atoms with Crippen molar-refractivity contribution in [2.24, 2.45) is 11.8 Å². The number of amides is 1. The van der Waals surface area contributed by atoms with E-state index in [0.717, 1.165) is 19.4 Å². The van der Waals surface area contributed by atoms with Crippen molar-refractivity contribution in [3.8, 4) is 0 Å². The topological polar surface area (TPSA) is 71.2 Å². The van der Waals surface area contributed by atoms with Gasteiger partial charge in [-0.05, 0) is 24.5 Å². The average Bonchev–Trinajstić information content (AvgIpc) is 3.03. The van der Waals surface area contributed by atoms with Crippen LogP contribution >= 0.6 is 0 Å². The summed E-state index contributed by atoms with van der Waals surface area (Å²) in [6.07, 6.45) is 2.09. The van der Waals surface area contributed by atoms with Crippen LogP contribution in [0.2, 0.25) is 0 Å². The molecule has 1 amide bonds. The maximum Gasteiger partial charge on any atom is 0.268 e. The van der Waals surface area contributed by atoms with E-state index in [2.05, 4.69) is 22.4 Å². The molecule has 124 valence electrons. The zero-order chi connectivity index (χ0) is 16.5. The van der Waals surface area contributed by atoms with Crippen LogP contribution in [-0.4, -0.2) is 29.6 Å². The van der Waals surface area contributed by atoms with E-state index in [4.69, 9.17) is 4.74 Å². The third kappa shape index (κ3) is 2.76. The number of rotatable bonds is 4. The first-order valence-electron chi connectivity index (χ1n) is 8.38. The third-order valence-electron chi connectivity index (χ3n) is 5.15. The molecular weight excluding hydrogens is 304 g/mol. The minimum atomic E-state index is -0.265. The summed E-state index contributed by atoms with van der Waals surface area (Å²) in [4.78, 5) is 26.4. The molecule has 2 aromatic rings. The van der Waals surface area contributed by atoms with Crippen LogP contribution in [-0.2, 0) is 11.2 Å². The predicted octanol–water partition coefficient (Wildman–Crippen LogP) is 1.75. The van der Waals surface area contributed by atoms with Gasteiger partial charge in [-0.15, -0.1) is 0 Å². The minimum Gasteiger partial charge on any atom is -0.377 e. The Morgan fingerprint density at radius 2 is 2.00 bits per heavy atom. The molecule has 5 heteroatoms. The van der Waals surface area contributed by atoms with E-state index in [1.54, 1.807) is 12.1 Å². The number of H-pyrrole nitrogens is 1. The molecule has 4 rings (SSSR count). The van der Waals surface area contributed by atoms with Crippen molar-refractivity contribution in [3.05, 3.63) is 70.1 Å². The molecule has 1 saturated heterocycles. The van der Waals surface area contributed by atoms with E-state index in [9.17, 15) is 9.59 Å². The lowest BCUT2D eigenvalue weighted by Crippen LogP contribution is -2.62. The molecule has 1 saturated carbocycles. The maximum atomic E-state index is 12.5. The Bertz CT molecular complexity index is 786. The number of fused-ring (bicyclic) bond motifs is 1. The predicted molar refractivity (Wildman–Crippen MR) is 89.8 cm³/mol. The summed E-state index contributed by atoms with van der Waals surface area (Å²) in [5, 5.41) is 3.11. The second kappa shape index (κ2) is 6.24. The molecule has 4 unspecified atom stereocenters. The molecular formula is C19H20N2O3. The van der Waals surface area contributed by atoms with Crippen LogP contribution in [0.5, 0.6) is 0 Å². The quantitative estimate of drug-likeness (QED) is 0.900. The number of ether oxygens (including phenoxy) is 1. The summed E-state index contributed by atoms with van der Waals surface area (Å²) >= 11 is 0. The smallest absolute Gasteiger partial charge is 0.268 e. The molecule has 1 aromatic carbocycles. The highest BCUT2D eigenvalue weighted by Gasteiger charge is 2.54. The second-order valence-electron chi connectivity index (χ2n) is 6.57. The molecule has 0 bridgehead atoms. The van der Waals surface area contributed by atoms with Crippen LogP contribution in [0.4, 0.5) is 0 Å². The monoisotopic (exact) mass is 324 g/mol. The van der Waals surface area contributed by atoms with E-state index < -0.39 is 0 Å². The first kappa shape index (κ1) is 15.1. The van der Waals surface area contributed by atoms with Crippen LogP contribution in [0, 0.1) is 11.8 Å². The fourth-order valence-electron chi connectivity index (χ4n) is 3.98. The number of hydrogen-bond donors (Lipinski definition) is 2. The maximum absolute atomic E-state index is 12.5. The molecule has 5 nitrogen and oxygen atoms in total. The Morgan fingerprint density at radius 3 is 2.79 bits per heavy atom. The van der Waals surface area contributed by atoms with Crippen LogP contribution in [0.25, 0.3) is 0 Å². The van der Waals surface area contributed by atoms with Crippen LogP contribution < -0.4 is 10.9 Å². The summed E-state index contributed by atoms with van der Waals surface area (Å²) in [6.45, 7) is 0.759. The van der Waals surface area contributed by atoms with Crippen LogP contribution in [0.1, 0.15) is 22.5 Å². The lowest BCUT2D eigenvalue weighted by atomic mass is 9.64. The van der Waals surface area contributed by atoms with E-state index in [1.165, 1.54) is 11.6 Å². The molecule has 1 aromatic heterocycles. The third-order valence-corrected chi connectivity index (χ3v) is 5.15. The van der Waals surface area contributed by atoms with E-state index >= 15 is 0 Å². The Hall–Kier alpha value is -2.40. The molecule has 2 fully saturated rings. The van der Waals surface area contributed by atoms with Gasteiger partial charge >= 0.3 is 0 Å². The van der Waals surface area contributed by atoms with Crippen molar-refractivity contribution < 1.29 is 9.53 Å². The molecule has 4 atom stereocenters. The number of aromatic nitrogens is 1. The largest absolute Gasteiger partial charge is 0.377 e. The lowest BCUT2D eigenvalue weighted by Gasteiger charge is -2.48. The standard InChI is InChI=1S/C19H20N2O3/c22-16-8-4-7-15(20-16)19(23)21-17-13-9-10-24-18(13)14(17)11-12-5-2-1-3-6-12/h1-8,13-14,17-18H,9-11H2,(H,20,22)(H,21,23). The van der Waals surface area contributed by atoms with E-state index in [-0.39, 0.29) is 29.5 Å². The van der Waals surface area contributed by atoms with Crippen LogP contribution in [0.3, 0.4) is 0 Å². The van der Waals surface area contributed by atoms with Gasteiger partial charge in [0.1, 0.15) is 5.69 Å². The van der Waals surface area contributed by atoms with Gasteiger partial charge < -0.3 is 15.0 Å². The second-order valence-corrected chi connectivity index (χ2v) is 6.57. The summed E-state index contributed by atoms with van der Waals surface area (Å²) in [6, 6.07) is 15.0. The normalized spacial score (nSPS) is 28.0. The van der Waals surface area contributed by atoms with Gasteiger partial charge in [0.15, 0.2) is 0 Å². The van der Waals surface area contributed by atoms with Gasteiger partial charge in [0, 0.05) is 30.6 Å². The van der Waals surface area contributed by atoms with Gasteiger partial charge in [-0.25, -0.2) is 0 Å². The minimum absolute atomic E-state index is 0.0916. The van der Waals surface area contributed by atoms with E-state index in [1.807, 2.05) is 18.2 Å². The Kier molecular flexibility index (Phi) is 3.94. The van der Waals surface area contributed by atoms with Crippen molar-refractivity contribution >= 4 is 5.91 Å². The molecule has 2 aliphatic rings. The highest BCUT2D eigenvalue weighted by atomic mass is 16.5. The van der Waals surface area contributed by atoms with Crippen molar-refractivity contribution in [2.75, 3.05) is 6.61 Å². The molecule has 1 aliphatic heterocycles. The fraction of sp³-hybridized carbons (Fsp3) is 0.368. The number of pyridine rings is 1.